The van der Waals surface area contributed by atoms with Gasteiger partial charge in [-0.1, -0.05) is 0 Å². The fraction of sp³-hybridized carbons (Fsp3) is 0.333. The van der Waals surface area contributed by atoms with Gasteiger partial charge in [0.05, 0.1) is 6.26 Å². The molecular formula is C6H10O2. The molecular weight excluding hydrogens is 104 g/mol. The molecule has 0 amide bonds. The summed E-state index contributed by atoms with van der Waals surface area (Å²) in [5.41, 5.74) is 0. The fourth-order valence-corrected chi connectivity index (χ4v) is 0.361. The largest absolute Gasteiger partial charge is 0.470 e. The molecule has 0 bridgehead atoms. The maximum Gasteiger partial charge on any atom is 0.100 e. The van der Waals surface area contributed by atoms with Gasteiger partial charge in [-0.25, -0.2) is 0 Å². The molecule has 0 fully saturated rings. The number of hydrogen-bond donors (Lipinski definition) is 1. The first kappa shape index (κ1) is 7.24. The van der Waals surface area contributed by atoms with Crippen LogP contribution in [0.15, 0.2) is 22.8 Å². The summed E-state index contributed by atoms with van der Waals surface area (Å²) in [6.07, 6.45) is 1.66. The number of hydrogen-bond acceptors (Lipinski definition) is 2. The molecule has 1 aromatic heterocycles. The molecule has 0 aliphatic carbocycles. The van der Waals surface area contributed by atoms with Crippen LogP contribution >= 0.6 is 0 Å². The second-order valence-electron chi connectivity index (χ2n) is 1.22. The van der Waals surface area contributed by atoms with Crippen molar-refractivity contribution in [2.75, 3.05) is 7.11 Å². The summed E-state index contributed by atoms with van der Waals surface area (Å²) in [6, 6.07) is 3.79. The van der Waals surface area contributed by atoms with Crippen molar-refractivity contribution >= 4 is 0 Å². The number of aliphatic hydroxyl groups is 1. The Balaban J connectivity index is 0.000000222. The Morgan fingerprint density at radius 3 is 2.25 bits per heavy atom. The lowest BCUT2D eigenvalue weighted by atomic mass is 10.5. The number of aryl methyl sites for hydroxylation is 1. The van der Waals surface area contributed by atoms with Crippen molar-refractivity contribution in [3.63, 3.8) is 0 Å². The van der Waals surface area contributed by atoms with Crippen LogP contribution in [0.2, 0.25) is 0 Å². The molecule has 0 aliphatic rings. The van der Waals surface area contributed by atoms with Crippen LogP contribution < -0.4 is 0 Å². The van der Waals surface area contributed by atoms with E-state index in [0.717, 1.165) is 12.9 Å². The van der Waals surface area contributed by atoms with Crippen molar-refractivity contribution in [3.8, 4) is 0 Å². The van der Waals surface area contributed by atoms with Crippen LogP contribution in [0.3, 0.4) is 0 Å². The lowest BCUT2D eigenvalue weighted by molar-refractivity contribution is 0.399. The topological polar surface area (TPSA) is 33.4 Å². The third-order valence-electron chi connectivity index (χ3n) is 0.663. The molecule has 1 heterocycles. The highest BCUT2D eigenvalue weighted by molar-refractivity contribution is 4.93. The standard InChI is InChI=1S/C5H6O.CH4O/c1-5-3-2-4-6-5;1-2/h2-4H,1H3;2H,1H3. The molecule has 0 unspecified atom stereocenters. The van der Waals surface area contributed by atoms with E-state index in [1.54, 1.807) is 6.26 Å². The van der Waals surface area contributed by atoms with E-state index in [9.17, 15) is 0 Å². The fourth-order valence-electron chi connectivity index (χ4n) is 0.361. The smallest absolute Gasteiger partial charge is 0.100 e. The average molecular weight is 114 g/mol. The van der Waals surface area contributed by atoms with Crippen LogP contribution in [0, 0.1) is 6.92 Å². The minimum Gasteiger partial charge on any atom is -0.470 e. The van der Waals surface area contributed by atoms with Gasteiger partial charge in [0.25, 0.3) is 0 Å². The molecule has 0 aliphatic heterocycles. The van der Waals surface area contributed by atoms with Gasteiger partial charge >= 0.3 is 0 Å². The summed E-state index contributed by atoms with van der Waals surface area (Å²) in [4.78, 5) is 0. The number of aliphatic hydroxyl groups excluding tert-OH is 1. The Bertz CT molecular complexity index is 110. The number of rotatable bonds is 0. The monoisotopic (exact) mass is 114 g/mol. The summed E-state index contributed by atoms with van der Waals surface area (Å²) in [6.45, 7) is 1.92. The van der Waals surface area contributed by atoms with Crippen LogP contribution in [0.4, 0.5) is 0 Å². The molecule has 1 N–H and O–H groups in total. The van der Waals surface area contributed by atoms with Crippen molar-refractivity contribution in [1.29, 1.82) is 0 Å². The van der Waals surface area contributed by atoms with Crippen molar-refractivity contribution in [2.45, 2.75) is 6.92 Å². The predicted octanol–water partition coefficient (Wildman–Crippen LogP) is 1.20. The van der Waals surface area contributed by atoms with Crippen LogP contribution in [0.5, 0.6) is 0 Å². The molecule has 1 rings (SSSR count). The lowest BCUT2D eigenvalue weighted by Gasteiger charge is -1.69. The van der Waals surface area contributed by atoms with Crippen molar-refractivity contribution < 1.29 is 9.52 Å². The summed E-state index contributed by atoms with van der Waals surface area (Å²) in [7, 11) is 1.00. The zero-order valence-corrected chi connectivity index (χ0v) is 5.09. The Hall–Kier alpha value is -0.760. The van der Waals surface area contributed by atoms with Crippen LogP contribution in [-0.4, -0.2) is 12.2 Å². The van der Waals surface area contributed by atoms with E-state index in [-0.39, 0.29) is 0 Å². The highest BCUT2D eigenvalue weighted by atomic mass is 16.3. The first-order valence-electron chi connectivity index (χ1n) is 2.34. The SMILES string of the molecule is CO.Cc1ccco1. The molecule has 2 heteroatoms. The van der Waals surface area contributed by atoms with Gasteiger partial charge in [0.2, 0.25) is 0 Å². The van der Waals surface area contributed by atoms with Crippen LogP contribution in [0.1, 0.15) is 5.76 Å². The molecule has 46 valence electrons. The summed E-state index contributed by atoms with van der Waals surface area (Å²) in [5, 5.41) is 7.00. The van der Waals surface area contributed by atoms with E-state index >= 15 is 0 Å². The summed E-state index contributed by atoms with van der Waals surface area (Å²) >= 11 is 0. The van der Waals surface area contributed by atoms with E-state index in [4.69, 9.17) is 9.52 Å². The molecule has 1 aromatic rings. The van der Waals surface area contributed by atoms with E-state index in [0.29, 0.717) is 0 Å². The van der Waals surface area contributed by atoms with E-state index < -0.39 is 0 Å². The predicted molar refractivity (Wildman–Crippen MR) is 31.6 cm³/mol. The van der Waals surface area contributed by atoms with Crippen molar-refractivity contribution in [2.24, 2.45) is 0 Å². The second kappa shape index (κ2) is 4.40. The Labute approximate surface area is 48.8 Å². The highest BCUT2D eigenvalue weighted by Crippen LogP contribution is 1.93. The first-order valence-corrected chi connectivity index (χ1v) is 2.34. The summed E-state index contributed by atoms with van der Waals surface area (Å²) in [5.74, 6) is 0.968. The lowest BCUT2D eigenvalue weighted by Crippen LogP contribution is -1.48. The molecule has 0 saturated heterocycles. The molecule has 0 saturated carbocycles. The van der Waals surface area contributed by atoms with E-state index in [2.05, 4.69) is 0 Å². The van der Waals surface area contributed by atoms with Gasteiger partial charge < -0.3 is 9.52 Å². The Morgan fingerprint density at radius 1 is 1.50 bits per heavy atom. The molecule has 0 aromatic carbocycles. The Morgan fingerprint density at radius 2 is 2.12 bits per heavy atom. The van der Waals surface area contributed by atoms with Gasteiger partial charge in [0.1, 0.15) is 5.76 Å². The summed E-state index contributed by atoms with van der Waals surface area (Å²) < 4.78 is 4.83. The molecule has 0 radical (unpaired) electrons. The van der Waals surface area contributed by atoms with Gasteiger partial charge in [-0.2, -0.15) is 0 Å². The first-order chi connectivity index (χ1) is 3.89. The molecule has 0 atom stereocenters. The van der Waals surface area contributed by atoms with Crippen molar-refractivity contribution in [1.82, 2.24) is 0 Å². The van der Waals surface area contributed by atoms with Gasteiger partial charge in [-0.3, -0.25) is 0 Å². The third-order valence-corrected chi connectivity index (χ3v) is 0.663. The quantitative estimate of drug-likeness (QED) is 0.549. The maximum absolute atomic E-state index is 7.00. The zero-order valence-electron chi connectivity index (χ0n) is 5.09. The molecule has 2 nitrogen and oxygen atoms in total. The third kappa shape index (κ3) is 2.42. The van der Waals surface area contributed by atoms with E-state index in [1.807, 2.05) is 19.1 Å². The molecule has 0 spiro atoms. The highest BCUT2D eigenvalue weighted by Gasteiger charge is 1.75. The van der Waals surface area contributed by atoms with Gasteiger partial charge in [-0.05, 0) is 19.1 Å². The minimum absolute atomic E-state index is 0.968. The van der Waals surface area contributed by atoms with Gasteiger partial charge in [-0.15, -0.1) is 0 Å². The van der Waals surface area contributed by atoms with Crippen LogP contribution in [0.25, 0.3) is 0 Å². The molecule has 8 heavy (non-hydrogen) atoms. The van der Waals surface area contributed by atoms with Gasteiger partial charge in [0.15, 0.2) is 0 Å². The number of furan rings is 1. The van der Waals surface area contributed by atoms with Crippen LogP contribution in [-0.2, 0) is 0 Å². The zero-order chi connectivity index (χ0) is 6.41. The average Bonchev–Trinajstić information content (AvgIpc) is 2.24. The van der Waals surface area contributed by atoms with Crippen molar-refractivity contribution in [3.05, 3.63) is 24.2 Å². The normalized spacial score (nSPS) is 7.38. The van der Waals surface area contributed by atoms with E-state index in [1.165, 1.54) is 0 Å². The second-order valence-corrected chi connectivity index (χ2v) is 1.22. The minimum atomic E-state index is 0.968. The Kier molecular flexibility index (Phi) is 3.98. The maximum atomic E-state index is 7.00. The van der Waals surface area contributed by atoms with Gasteiger partial charge in [0, 0.05) is 7.11 Å².